The van der Waals surface area contributed by atoms with E-state index in [2.05, 4.69) is 94.0 Å². The zero-order valence-corrected chi connectivity index (χ0v) is 15.7. The number of benzene rings is 3. The molecule has 0 amide bonds. The molecule has 0 saturated carbocycles. The molecule has 5 aromatic rings. The van der Waals surface area contributed by atoms with Crippen molar-refractivity contribution in [3.05, 3.63) is 84.4 Å². The summed E-state index contributed by atoms with van der Waals surface area (Å²) in [5, 5.41) is 2.44. The van der Waals surface area contributed by atoms with Crippen LogP contribution in [0.4, 0.5) is 0 Å². The highest BCUT2D eigenvalue weighted by Gasteiger charge is 2.36. The Bertz CT molecular complexity index is 1380. The average molecular weight is 362 g/mol. The summed E-state index contributed by atoms with van der Waals surface area (Å²) in [5.74, 6) is 0.648. The Morgan fingerprint density at radius 1 is 0.714 bits per heavy atom. The molecule has 2 heterocycles. The van der Waals surface area contributed by atoms with Crippen LogP contribution in [-0.2, 0) is 5.41 Å². The van der Waals surface area contributed by atoms with E-state index in [0.29, 0.717) is 5.95 Å². The van der Waals surface area contributed by atoms with Gasteiger partial charge >= 0.3 is 0 Å². The molecule has 6 rings (SSSR count). The first-order valence-electron chi connectivity index (χ1n) is 9.46. The summed E-state index contributed by atoms with van der Waals surface area (Å²) in [6.45, 7) is 4.61. The van der Waals surface area contributed by atoms with Gasteiger partial charge in [0.1, 0.15) is 12.7 Å². The lowest BCUT2D eigenvalue weighted by molar-refractivity contribution is 0.661. The van der Waals surface area contributed by atoms with Crippen molar-refractivity contribution in [2.45, 2.75) is 19.3 Å². The Hall–Kier alpha value is -3.53. The number of aromatic nitrogens is 4. The van der Waals surface area contributed by atoms with Gasteiger partial charge in [-0.25, -0.2) is 15.0 Å². The van der Waals surface area contributed by atoms with Gasteiger partial charge in [0.2, 0.25) is 5.95 Å². The van der Waals surface area contributed by atoms with E-state index in [1.807, 2.05) is 0 Å². The Morgan fingerprint density at radius 2 is 1.46 bits per heavy atom. The molecule has 0 N–H and O–H groups in total. The van der Waals surface area contributed by atoms with Crippen LogP contribution in [0.1, 0.15) is 25.0 Å². The van der Waals surface area contributed by atoms with Crippen molar-refractivity contribution in [3.8, 4) is 17.1 Å². The topological polar surface area (TPSA) is 43.6 Å². The fourth-order valence-electron chi connectivity index (χ4n) is 4.73. The molecule has 3 aromatic carbocycles. The van der Waals surface area contributed by atoms with Crippen LogP contribution < -0.4 is 0 Å². The van der Waals surface area contributed by atoms with Gasteiger partial charge in [0.15, 0.2) is 0 Å². The lowest BCUT2D eigenvalue weighted by Gasteiger charge is -2.21. The minimum atomic E-state index is -0.0412. The van der Waals surface area contributed by atoms with E-state index >= 15 is 0 Å². The molecule has 28 heavy (non-hydrogen) atoms. The van der Waals surface area contributed by atoms with Gasteiger partial charge in [0, 0.05) is 16.2 Å². The standard InChI is InChI=1S/C24H18N4/c1-24(2)19-9-5-3-7-15(19)17-11-18-16-8-4-6-10-21(16)28(22(18)12-20(17)24)23-26-13-25-14-27-23/h3-14H,1-2H3. The molecule has 4 nitrogen and oxygen atoms in total. The SMILES string of the molecule is CC1(C)c2ccccc2-c2cc3c4ccccc4n(-c4ncncn4)c3cc21. The fraction of sp³-hybridized carbons (Fsp3) is 0.125. The summed E-state index contributed by atoms with van der Waals surface area (Å²) >= 11 is 0. The first kappa shape index (κ1) is 15.5. The molecule has 0 atom stereocenters. The van der Waals surface area contributed by atoms with Gasteiger partial charge in [-0.2, -0.15) is 0 Å². The van der Waals surface area contributed by atoms with Gasteiger partial charge in [-0.05, 0) is 40.5 Å². The maximum Gasteiger partial charge on any atom is 0.237 e. The zero-order chi connectivity index (χ0) is 18.9. The lowest BCUT2D eigenvalue weighted by Crippen LogP contribution is -2.15. The van der Waals surface area contributed by atoms with E-state index in [-0.39, 0.29) is 5.41 Å². The molecule has 0 spiro atoms. The molecular formula is C24H18N4. The average Bonchev–Trinajstić information content (AvgIpc) is 3.17. The molecule has 0 bridgehead atoms. The van der Waals surface area contributed by atoms with Crippen molar-refractivity contribution in [2.75, 3.05) is 0 Å². The maximum absolute atomic E-state index is 4.43. The molecular weight excluding hydrogens is 344 g/mol. The maximum atomic E-state index is 4.43. The Kier molecular flexibility index (Phi) is 2.91. The largest absolute Gasteiger partial charge is 0.278 e. The second-order valence-electron chi connectivity index (χ2n) is 7.88. The van der Waals surface area contributed by atoms with Gasteiger partial charge in [-0.15, -0.1) is 0 Å². The summed E-state index contributed by atoms with van der Waals surface area (Å²) in [4.78, 5) is 12.9. The lowest BCUT2D eigenvalue weighted by atomic mass is 9.82. The van der Waals surface area contributed by atoms with E-state index in [9.17, 15) is 0 Å². The summed E-state index contributed by atoms with van der Waals surface area (Å²) in [5.41, 5.74) is 7.59. The molecule has 0 aliphatic heterocycles. The van der Waals surface area contributed by atoms with Crippen molar-refractivity contribution >= 4 is 21.8 Å². The summed E-state index contributed by atoms with van der Waals surface area (Å²) in [7, 11) is 0. The van der Waals surface area contributed by atoms with Gasteiger partial charge in [0.25, 0.3) is 0 Å². The Morgan fingerprint density at radius 3 is 2.32 bits per heavy atom. The van der Waals surface area contributed by atoms with Gasteiger partial charge < -0.3 is 0 Å². The van der Waals surface area contributed by atoms with Crippen LogP contribution >= 0.6 is 0 Å². The van der Waals surface area contributed by atoms with Crippen molar-refractivity contribution in [1.29, 1.82) is 0 Å². The fourth-order valence-corrected chi connectivity index (χ4v) is 4.73. The van der Waals surface area contributed by atoms with Crippen molar-refractivity contribution in [3.63, 3.8) is 0 Å². The van der Waals surface area contributed by atoms with E-state index in [0.717, 1.165) is 11.0 Å². The Balaban J connectivity index is 1.79. The van der Waals surface area contributed by atoms with Crippen molar-refractivity contribution < 1.29 is 0 Å². The Labute approximate surface area is 162 Å². The van der Waals surface area contributed by atoms with Crippen LogP contribution in [0.2, 0.25) is 0 Å². The first-order chi connectivity index (χ1) is 13.7. The third kappa shape index (κ3) is 1.87. The quantitative estimate of drug-likeness (QED) is 0.408. The third-order valence-corrected chi connectivity index (χ3v) is 6.06. The molecule has 134 valence electrons. The number of hydrogen-bond acceptors (Lipinski definition) is 3. The third-order valence-electron chi connectivity index (χ3n) is 6.06. The van der Waals surface area contributed by atoms with Crippen LogP contribution in [0.5, 0.6) is 0 Å². The first-order valence-corrected chi connectivity index (χ1v) is 9.46. The second kappa shape index (κ2) is 5.26. The van der Waals surface area contributed by atoms with Crippen LogP contribution in [0.25, 0.3) is 38.9 Å². The van der Waals surface area contributed by atoms with Crippen molar-refractivity contribution in [1.82, 2.24) is 19.5 Å². The predicted molar refractivity (Wildman–Crippen MR) is 112 cm³/mol. The second-order valence-corrected chi connectivity index (χ2v) is 7.88. The van der Waals surface area contributed by atoms with Gasteiger partial charge in [0.05, 0.1) is 11.0 Å². The minimum absolute atomic E-state index is 0.0412. The van der Waals surface area contributed by atoms with E-state index < -0.39 is 0 Å². The molecule has 0 unspecified atom stereocenters. The monoisotopic (exact) mass is 362 g/mol. The van der Waals surface area contributed by atoms with E-state index in [1.54, 1.807) is 12.7 Å². The number of hydrogen-bond donors (Lipinski definition) is 0. The molecule has 2 aromatic heterocycles. The summed E-state index contributed by atoms with van der Waals surface area (Å²) in [6, 6.07) is 21.9. The van der Waals surface area contributed by atoms with Crippen LogP contribution in [-0.4, -0.2) is 19.5 Å². The molecule has 0 fully saturated rings. The molecule has 1 aliphatic rings. The number of nitrogens with zero attached hydrogens (tertiary/aromatic N) is 4. The molecule has 4 heteroatoms. The number of para-hydroxylation sites is 1. The predicted octanol–water partition coefficient (Wildman–Crippen LogP) is 5.28. The van der Waals surface area contributed by atoms with Gasteiger partial charge in [-0.3, -0.25) is 4.57 Å². The van der Waals surface area contributed by atoms with Crippen LogP contribution in [0.15, 0.2) is 73.3 Å². The molecule has 0 saturated heterocycles. The normalized spacial score (nSPS) is 14.4. The van der Waals surface area contributed by atoms with Crippen LogP contribution in [0, 0.1) is 0 Å². The van der Waals surface area contributed by atoms with E-state index in [1.165, 1.54) is 33.0 Å². The summed E-state index contributed by atoms with van der Waals surface area (Å²) in [6.07, 6.45) is 3.10. The highest BCUT2D eigenvalue weighted by Crippen LogP contribution is 2.50. The number of fused-ring (bicyclic) bond motifs is 6. The smallest absolute Gasteiger partial charge is 0.237 e. The molecule has 1 aliphatic carbocycles. The molecule has 0 radical (unpaired) electrons. The minimum Gasteiger partial charge on any atom is -0.278 e. The van der Waals surface area contributed by atoms with Gasteiger partial charge in [-0.1, -0.05) is 56.3 Å². The summed E-state index contributed by atoms with van der Waals surface area (Å²) < 4.78 is 2.14. The zero-order valence-electron chi connectivity index (χ0n) is 15.7. The van der Waals surface area contributed by atoms with Crippen molar-refractivity contribution in [2.24, 2.45) is 0 Å². The highest BCUT2D eigenvalue weighted by atomic mass is 15.2. The van der Waals surface area contributed by atoms with Crippen LogP contribution in [0.3, 0.4) is 0 Å². The van der Waals surface area contributed by atoms with E-state index in [4.69, 9.17) is 0 Å². The number of rotatable bonds is 1. The highest BCUT2D eigenvalue weighted by molar-refractivity contribution is 6.11.